The first-order valence-corrected chi connectivity index (χ1v) is 10.5. The second kappa shape index (κ2) is 8.79. The topological polar surface area (TPSA) is 71.1 Å². The summed E-state index contributed by atoms with van der Waals surface area (Å²) in [6.45, 7) is 2.53. The van der Waals surface area contributed by atoms with E-state index in [4.69, 9.17) is 18.9 Å². The summed E-state index contributed by atoms with van der Waals surface area (Å²) in [5, 5.41) is 0. The summed E-state index contributed by atoms with van der Waals surface area (Å²) in [6.07, 6.45) is 4.99. The molecule has 0 aromatic heterocycles. The Labute approximate surface area is 169 Å². The van der Waals surface area contributed by atoms with Crippen molar-refractivity contribution in [3.8, 4) is 5.75 Å². The van der Waals surface area contributed by atoms with Gasteiger partial charge >= 0.3 is 5.97 Å². The molecule has 1 aliphatic carbocycles. The molecule has 1 unspecified atom stereocenters. The summed E-state index contributed by atoms with van der Waals surface area (Å²) in [7, 11) is 0. The van der Waals surface area contributed by atoms with E-state index in [1.54, 1.807) is 6.92 Å². The van der Waals surface area contributed by atoms with Gasteiger partial charge in [0.05, 0.1) is 18.3 Å². The molecular weight excluding hydrogens is 379 g/mol. The van der Waals surface area contributed by atoms with E-state index >= 15 is 0 Å². The maximum absolute atomic E-state index is 14.4. The molecule has 0 amide bonds. The highest BCUT2D eigenvalue weighted by Crippen LogP contribution is 2.43. The van der Waals surface area contributed by atoms with Crippen LogP contribution >= 0.6 is 0 Å². The lowest BCUT2D eigenvalue weighted by Gasteiger charge is -2.28. The molecule has 1 saturated carbocycles. The molecule has 2 fully saturated rings. The number of rotatable bonds is 5. The van der Waals surface area contributed by atoms with Crippen LogP contribution in [0, 0.1) is 17.7 Å². The second-order valence-corrected chi connectivity index (χ2v) is 7.94. The van der Waals surface area contributed by atoms with Gasteiger partial charge in [-0.05, 0) is 56.7 Å². The van der Waals surface area contributed by atoms with Crippen LogP contribution in [0.3, 0.4) is 0 Å². The van der Waals surface area contributed by atoms with E-state index in [1.165, 1.54) is 12.1 Å². The van der Waals surface area contributed by atoms with Crippen molar-refractivity contribution >= 4 is 12.3 Å². The molecule has 29 heavy (non-hydrogen) atoms. The predicted octanol–water partition coefficient (Wildman–Crippen LogP) is 3.44. The summed E-state index contributed by atoms with van der Waals surface area (Å²) < 4.78 is 37.3. The number of hydrogen-bond donors (Lipinski definition) is 0. The van der Waals surface area contributed by atoms with Gasteiger partial charge in [-0.1, -0.05) is 0 Å². The first-order valence-electron chi connectivity index (χ1n) is 10.5. The largest absolute Gasteiger partial charge is 0.490 e. The second-order valence-electron chi connectivity index (χ2n) is 7.94. The van der Waals surface area contributed by atoms with Crippen LogP contribution in [0.1, 0.15) is 54.9 Å². The number of aryl methyl sites for hydroxylation is 1. The van der Waals surface area contributed by atoms with Crippen molar-refractivity contribution in [2.75, 3.05) is 13.2 Å². The molecule has 2 aliphatic heterocycles. The van der Waals surface area contributed by atoms with Gasteiger partial charge < -0.3 is 23.7 Å². The zero-order chi connectivity index (χ0) is 20.4. The average molecular weight is 406 g/mol. The fraction of sp³-hybridized carbons (Fsp3) is 0.636. The lowest BCUT2D eigenvalue weighted by molar-refractivity contribution is -0.194. The third-order valence-corrected chi connectivity index (χ3v) is 6.16. The van der Waals surface area contributed by atoms with Gasteiger partial charge in [0.25, 0.3) is 0 Å². The third-order valence-electron chi connectivity index (χ3n) is 6.16. The van der Waals surface area contributed by atoms with E-state index in [0.29, 0.717) is 37.2 Å². The Kier molecular flexibility index (Phi) is 6.15. The predicted molar refractivity (Wildman–Crippen MR) is 101 cm³/mol. The maximum Gasteiger partial charge on any atom is 0.341 e. The number of benzene rings is 1. The molecule has 1 saturated heterocycles. The molecule has 0 N–H and O–H groups in total. The summed E-state index contributed by atoms with van der Waals surface area (Å²) in [5.41, 5.74) is 0.583. The highest BCUT2D eigenvalue weighted by molar-refractivity contribution is 5.90. The molecule has 0 bridgehead atoms. The molecule has 0 radical (unpaired) electrons. The van der Waals surface area contributed by atoms with E-state index in [1.807, 2.05) is 0 Å². The molecule has 158 valence electrons. The number of carbonyl (C=O) groups excluding carboxylic acids is 2. The van der Waals surface area contributed by atoms with Crippen molar-refractivity contribution < 1.29 is 32.9 Å². The fourth-order valence-electron chi connectivity index (χ4n) is 4.70. The zero-order valence-electron chi connectivity index (χ0n) is 16.6. The Morgan fingerprint density at radius 1 is 1.31 bits per heavy atom. The molecule has 4 rings (SSSR count). The minimum atomic E-state index is -0.704. The Balaban J connectivity index is 1.53. The summed E-state index contributed by atoms with van der Waals surface area (Å²) in [4.78, 5) is 23.9. The lowest BCUT2D eigenvalue weighted by atomic mass is 9.89. The van der Waals surface area contributed by atoms with Crippen molar-refractivity contribution in [2.24, 2.45) is 11.8 Å². The van der Waals surface area contributed by atoms with Crippen molar-refractivity contribution in [2.45, 2.75) is 63.9 Å². The molecule has 7 heteroatoms. The molecule has 2 heterocycles. The number of hydrogen-bond acceptors (Lipinski definition) is 6. The highest BCUT2D eigenvalue weighted by Gasteiger charge is 2.47. The molecule has 1 aromatic rings. The molecule has 1 aromatic carbocycles. The molecule has 5 atom stereocenters. The van der Waals surface area contributed by atoms with Gasteiger partial charge in [0.1, 0.15) is 24.0 Å². The average Bonchev–Trinajstić information content (AvgIpc) is 2.94. The highest BCUT2D eigenvalue weighted by atomic mass is 19.1. The Morgan fingerprint density at radius 2 is 2.17 bits per heavy atom. The van der Waals surface area contributed by atoms with Crippen LogP contribution < -0.4 is 4.74 Å². The van der Waals surface area contributed by atoms with Crippen molar-refractivity contribution in [3.05, 3.63) is 29.1 Å². The van der Waals surface area contributed by atoms with Gasteiger partial charge in [-0.25, -0.2) is 9.18 Å². The minimum absolute atomic E-state index is 0.0115. The van der Waals surface area contributed by atoms with Crippen LogP contribution in [0.15, 0.2) is 12.1 Å². The monoisotopic (exact) mass is 406 g/mol. The number of aldehydes is 1. The quantitative estimate of drug-likeness (QED) is 0.551. The van der Waals surface area contributed by atoms with Crippen LogP contribution in [0.25, 0.3) is 0 Å². The van der Waals surface area contributed by atoms with Crippen LogP contribution in [0.2, 0.25) is 0 Å². The van der Waals surface area contributed by atoms with E-state index < -0.39 is 11.8 Å². The van der Waals surface area contributed by atoms with Crippen LogP contribution in [0.5, 0.6) is 5.75 Å². The first kappa shape index (κ1) is 20.3. The van der Waals surface area contributed by atoms with Gasteiger partial charge in [-0.3, -0.25) is 0 Å². The van der Waals surface area contributed by atoms with E-state index in [-0.39, 0.29) is 42.5 Å². The lowest BCUT2D eigenvalue weighted by Crippen LogP contribution is -2.32. The molecule has 6 nitrogen and oxygen atoms in total. The van der Waals surface area contributed by atoms with Gasteiger partial charge in [0, 0.05) is 24.9 Å². The zero-order valence-corrected chi connectivity index (χ0v) is 16.6. The normalized spacial score (nSPS) is 31.2. The van der Waals surface area contributed by atoms with Crippen molar-refractivity contribution in [1.29, 1.82) is 0 Å². The number of fused-ring (bicyclic) bond motifs is 2. The number of esters is 1. The smallest absolute Gasteiger partial charge is 0.341 e. The van der Waals surface area contributed by atoms with Crippen LogP contribution in [-0.2, 0) is 25.4 Å². The summed E-state index contributed by atoms with van der Waals surface area (Å²) >= 11 is 0. The molecular formula is C22H27FO6. The van der Waals surface area contributed by atoms with E-state index in [0.717, 1.165) is 25.5 Å². The van der Waals surface area contributed by atoms with Crippen molar-refractivity contribution in [1.82, 2.24) is 0 Å². The minimum Gasteiger partial charge on any atom is -0.490 e. The molecule has 3 aliphatic rings. The van der Waals surface area contributed by atoms with E-state index in [9.17, 15) is 14.0 Å². The first-order chi connectivity index (χ1) is 14.1. The number of carbonyl (C=O) groups is 2. The summed E-state index contributed by atoms with van der Waals surface area (Å²) in [5.74, 6) is -1.12. The fourth-order valence-corrected chi connectivity index (χ4v) is 4.70. The third kappa shape index (κ3) is 4.16. The Bertz CT molecular complexity index is 760. The Morgan fingerprint density at radius 3 is 2.90 bits per heavy atom. The van der Waals surface area contributed by atoms with Gasteiger partial charge in [-0.15, -0.1) is 0 Å². The SMILES string of the molecule is CCOC(=O)c1cc2c(cc1F)CC[C@@H]1[C@@H](C=O)[C@H](OC3CCCCO3)C[C@@H]1O2. The molecule has 0 spiro atoms. The van der Waals surface area contributed by atoms with Gasteiger partial charge in [-0.2, -0.15) is 0 Å². The number of halogens is 1. The van der Waals surface area contributed by atoms with Crippen LogP contribution in [0.4, 0.5) is 4.39 Å². The summed E-state index contributed by atoms with van der Waals surface area (Å²) in [6, 6.07) is 2.78. The maximum atomic E-state index is 14.4. The van der Waals surface area contributed by atoms with Gasteiger partial charge in [0.2, 0.25) is 0 Å². The standard InChI is InChI=1S/C22H27FO6/c1-2-26-22(25)15-10-18-13(9-17(15)23)6-7-14-16(12-24)20(11-19(14)28-18)29-21-5-3-4-8-27-21/h9-10,12,14,16,19-21H,2-8,11H2,1H3/t14-,16-,19+,20-,21?/m1/s1. The van der Waals surface area contributed by atoms with Crippen molar-refractivity contribution in [3.63, 3.8) is 0 Å². The Hall–Kier alpha value is -1.99. The van der Waals surface area contributed by atoms with E-state index in [2.05, 4.69) is 0 Å². The van der Waals surface area contributed by atoms with Crippen LogP contribution in [-0.4, -0.2) is 44.0 Å². The van der Waals surface area contributed by atoms with Gasteiger partial charge in [0.15, 0.2) is 6.29 Å². The number of ether oxygens (including phenoxy) is 4.